The highest BCUT2D eigenvalue weighted by molar-refractivity contribution is 5.08. The summed E-state index contributed by atoms with van der Waals surface area (Å²) in [5.74, 6) is 2.24. The molecule has 0 heterocycles. The summed E-state index contributed by atoms with van der Waals surface area (Å²) in [6.07, 6.45) is 8.05. The Bertz CT molecular complexity index is 252. The van der Waals surface area contributed by atoms with E-state index in [9.17, 15) is 0 Å². The lowest BCUT2D eigenvalue weighted by atomic mass is 9.75. The van der Waals surface area contributed by atoms with E-state index >= 15 is 0 Å². The summed E-state index contributed by atoms with van der Waals surface area (Å²) >= 11 is 0. The minimum absolute atomic E-state index is 0.402. The summed E-state index contributed by atoms with van der Waals surface area (Å²) in [6.45, 7) is 12.8. The van der Waals surface area contributed by atoms with Gasteiger partial charge in [0.15, 0.2) is 0 Å². The fourth-order valence-electron chi connectivity index (χ4n) is 2.53. The van der Waals surface area contributed by atoms with Crippen molar-refractivity contribution in [3.8, 4) is 0 Å². The van der Waals surface area contributed by atoms with E-state index in [2.05, 4.69) is 27.4 Å². The van der Waals surface area contributed by atoms with Crippen molar-refractivity contribution in [3.05, 3.63) is 24.5 Å². The van der Waals surface area contributed by atoms with E-state index in [1.165, 1.54) is 19.3 Å². The lowest BCUT2D eigenvalue weighted by molar-refractivity contribution is 0.0136. The van der Waals surface area contributed by atoms with Crippen molar-refractivity contribution in [2.75, 3.05) is 0 Å². The van der Waals surface area contributed by atoms with E-state index < -0.39 is 0 Å². The predicted molar refractivity (Wildman–Crippen MR) is 70.2 cm³/mol. The van der Waals surface area contributed by atoms with Crippen LogP contribution in [0.2, 0.25) is 0 Å². The Hall–Kier alpha value is -0.720. The Labute approximate surface area is 101 Å². The van der Waals surface area contributed by atoms with Crippen LogP contribution >= 0.6 is 0 Å². The van der Waals surface area contributed by atoms with Crippen LogP contribution in [0.1, 0.15) is 47.0 Å². The minimum atomic E-state index is 0.402. The smallest absolute Gasteiger partial charge is 0.101 e. The molecule has 1 heteroatoms. The van der Waals surface area contributed by atoms with E-state index in [-0.39, 0.29) is 0 Å². The summed E-state index contributed by atoms with van der Waals surface area (Å²) in [6, 6.07) is 0. The monoisotopic (exact) mass is 222 g/mol. The molecule has 0 spiro atoms. The predicted octanol–water partition coefficient (Wildman–Crippen LogP) is 4.55. The molecule has 0 aromatic carbocycles. The second-order valence-electron chi connectivity index (χ2n) is 5.65. The van der Waals surface area contributed by atoms with Crippen LogP contribution in [-0.2, 0) is 4.74 Å². The highest BCUT2D eigenvalue weighted by Crippen LogP contribution is 2.35. The Balaban J connectivity index is 2.54. The molecule has 16 heavy (non-hydrogen) atoms. The average Bonchev–Trinajstić information content (AvgIpc) is 2.16. The number of allylic oxidation sites excluding steroid dienone is 2. The van der Waals surface area contributed by atoms with Gasteiger partial charge in [0, 0.05) is 0 Å². The molecule has 0 amide bonds. The Morgan fingerprint density at radius 1 is 1.38 bits per heavy atom. The maximum atomic E-state index is 5.90. The molecular formula is C15H26O. The van der Waals surface area contributed by atoms with Crippen molar-refractivity contribution in [3.63, 3.8) is 0 Å². The molecule has 0 radical (unpaired) electrons. The molecule has 1 saturated carbocycles. The van der Waals surface area contributed by atoms with E-state index in [0.717, 1.165) is 17.4 Å². The Kier molecular flexibility index (Phi) is 5.11. The van der Waals surface area contributed by atoms with Gasteiger partial charge in [-0.2, -0.15) is 0 Å². The topological polar surface area (TPSA) is 9.23 Å². The number of ether oxygens (including phenoxy) is 1. The fourth-order valence-corrected chi connectivity index (χ4v) is 2.53. The third kappa shape index (κ3) is 4.03. The second kappa shape index (κ2) is 6.12. The van der Waals surface area contributed by atoms with Crippen molar-refractivity contribution in [1.82, 2.24) is 0 Å². The zero-order chi connectivity index (χ0) is 12.1. The average molecular weight is 222 g/mol. The summed E-state index contributed by atoms with van der Waals surface area (Å²) in [5.41, 5.74) is 1.05. The first-order valence-electron chi connectivity index (χ1n) is 6.48. The van der Waals surface area contributed by atoms with E-state index in [1.54, 1.807) is 0 Å². The summed E-state index contributed by atoms with van der Waals surface area (Å²) in [4.78, 5) is 0. The zero-order valence-electron chi connectivity index (χ0n) is 11.2. The molecule has 1 aliphatic carbocycles. The van der Waals surface area contributed by atoms with Crippen LogP contribution < -0.4 is 0 Å². The van der Waals surface area contributed by atoms with Gasteiger partial charge in [0.1, 0.15) is 6.10 Å². The molecule has 1 fully saturated rings. The largest absolute Gasteiger partial charge is 0.498 e. The summed E-state index contributed by atoms with van der Waals surface area (Å²) in [5, 5.41) is 0. The van der Waals surface area contributed by atoms with Crippen molar-refractivity contribution in [2.24, 2.45) is 17.8 Å². The van der Waals surface area contributed by atoms with Crippen LogP contribution in [0.4, 0.5) is 0 Å². The van der Waals surface area contributed by atoms with Gasteiger partial charge in [-0.15, -0.1) is 0 Å². The zero-order valence-corrected chi connectivity index (χ0v) is 11.2. The van der Waals surface area contributed by atoms with Gasteiger partial charge in [-0.3, -0.25) is 0 Å². The molecule has 0 aromatic heterocycles. The quantitative estimate of drug-likeness (QED) is 0.501. The minimum Gasteiger partial charge on any atom is -0.498 e. The van der Waals surface area contributed by atoms with Crippen LogP contribution in [0.25, 0.3) is 0 Å². The van der Waals surface area contributed by atoms with Crippen molar-refractivity contribution in [2.45, 2.75) is 53.1 Å². The number of rotatable bonds is 4. The molecule has 0 unspecified atom stereocenters. The van der Waals surface area contributed by atoms with Gasteiger partial charge in [-0.25, -0.2) is 0 Å². The first kappa shape index (κ1) is 13.3. The first-order chi connectivity index (χ1) is 7.50. The summed E-state index contributed by atoms with van der Waals surface area (Å²) in [7, 11) is 0. The van der Waals surface area contributed by atoms with Gasteiger partial charge in [-0.05, 0) is 43.6 Å². The Morgan fingerprint density at radius 3 is 2.62 bits per heavy atom. The fraction of sp³-hybridized carbons (Fsp3) is 0.733. The van der Waals surface area contributed by atoms with Crippen molar-refractivity contribution in [1.29, 1.82) is 0 Å². The van der Waals surface area contributed by atoms with Gasteiger partial charge in [0.2, 0.25) is 0 Å². The molecule has 92 valence electrons. The lowest BCUT2D eigenvalue weighted by Crippen LogP contribution is -2.33. The maximum Gasteiger partial charge on any atom is 0.101 e. The maximum absolute atomic E-state index is 5.90. The standard InChI is InChI=1S/C15H26O/c1-11(2)8-9-16-15-10-13(5)6-7-14(15)12(3)4/h8-9,12-15H,1,6-7,10H2,2-5H3/b9-8+/t13-,14+,15-/m1/s1. The number of hydrogen-bond donors (Lipinski definition) is 0. The molecule has 3 atom stereocenters. The van der Waals surface area contributed by atoms with E-state index in [0.29, 0.717) is 12.0 Å². The molecule has 0 bridgehead atoms. The molecule has 0 saturated heterocycles. The van der Waals surface area contributed by atoms with Gasteiger partial charge < -0.3 is 4.74 Å². The highest BCUT2D eigenvalue weighted by Gasteiger charge is 2.31. The van der Waals surface area contributed by atoms with Gasteiger partial charge in [-0.1, -0.05) is 39.3 Å². The molecule has 0 aliphatic heterocycles. The van der Waals surface area contributed by atoms with Crippen LogP contribution in [0.15, 0.2) is 24.5 Å². The van der Waals surface area contributed by atoms with Crippen molar-refractivity contribution >= 4 is 0 Å². The lowest BCUT2D eigenvalue weighted by Gasteiger charge is -2.36. The Morgan fingerprint density at radius 2 is 2.06 bits per heavy atom. The van der Waals surface area contributed by atoms with Crippen LogP contribution in [0.3, 0.4) is 0 Å². The highest BCUT2D eigenvalue weighted by atomic mass is 16.5. The first-order valence-corrected chi connectivity index (χ1v) is 6.48. The van der Waals surface area contributed by atoms with Crippen LogP contribution in [0, 0.1) is 17.8 Å². The number of hydrogen-bond acceptors (Lipinski definition) is 1. The summed E-state index contributed by atoms with van der Waals surface area (Å²) < 4.78 is 5.90. The third-order valence-electron chi connectivity index (χ3n) is 3.57. The normalized spacial score (nSPS) is 30.9. The molecule has 1 aliphatic rings. The molecule has 1 nitrogen and oxygen atoms in total. The molecule has 1 rings (SSSR count). The van der Waals surface area contributed by atoms with E-state index in [4.69, 9.17) is 4.74 Å². The van der Waals surface area contributed by atoms with E-state index in [1.807, 2.05) is 19.3 Å². The molecular weight excluding hydrogens is 196 g/mol. The third-order valence-corrected chi connectivity index (χ3v) is 3.57. The van der Waals surface area contributed by atoms with Crippen molar-refractivity contribution < 1.29 is 4.74 Å². The van der Waals surface area contributed by atoms with Gasteiger partial charge in [0.25, 0.3) is 0 Å². The van der Waals surface area contributed by atoms with Gasteiger partial charge >= 0.3 is 0 Å². The molecule has 0 N–H and O–H groups in total. The SMILES string of the molecule is C=C(C)/C=C/O[C@@H]1C[C@H](C)CC[C@H]1C(C)C. The van der Waals surface area contributed by atoms with Gasteiger partial charge in [0.05, 0.1) is 6.26 Å². The molecule has 0 aromatic rings. The van der Waals surface area contributed by atoms with Crippen LogP contribution in [-0.4, -0.2) is 6.10 Å². The second-order valence-corrected chi connectivity index (χ2v) is 5.65. The van der Waals surface area contributed by atoms with Crippen LogP contribution in [0.5, 0.6) is 0 Å².